The monoisotopic (exact) mass is 295 g/mol. The Bertz CT molecular complexity index is 655. The van der Waals surface area contributed by atoms with Crippen LogP contribution in [0.5, 0.6) is 0 Å². The molecule has 1 amide bonds. The second-order valence-electron chi connectivity index (χ2n) is 5.97. The maximum Gasteiger partial charge on any atom is 0.251 e. The van der Waals surface area contributed by atoms with Crippen LogP contribution >= 0.6 is 0 Å². The average Bonchev–Trinajstić information content (AvgIpc) is 2.55. The third-order valence-corrected chi connectivity index (χ3v) is 4.12. The molecular weight excluding hydrogens is 274 g/mol. The van der Waals surface area contributed by atoms with Crippen molar-refractivity contribution in [2.75, 3.05) is 0 Å². The molecule has 0 aliphatic heterocycles. The number of nitrogens with zero attached hydrogens (tertiary/aromatic N) is 2. The number of hydrogen-bond donors (Lipinski definition) is 1. The summed E-state index contributed by atoms with van der Waals surface area (Å²) in [7, 11) is 0. The van der Waals surface area contributed by atoms with Gasteiger partial charge in [-0.2, -0.15) is 0 Å². The van der Waals surface area contributed by atoms with Crippen LogP contribution in [0.15, 0.2) is 36.8 Å². The first kappa shape index (κ1) is 14.7. The zero-order chi connectivity index (χ0) is 15.4. The van der Waals surface area contributed by atoms with E-state index < -0.39 is 0 Å². The van der Waals surface area contributed by atoms with Crippen LogP contribution in [0, 0.1) is 0 Å². The molecule has 0 saturated carbocycles. The molecule has 0 radical (unpaired) electrons. The number of amides is 1. The van der Waals surface area contributed by atoms with Crippen LogP contribution in [0.25, 0.3) is 0 Å². The van der Waals surface area contributed by atoms with Gasteiger partial charge < -0.3 is 5.32 Å². The third kappa shape index (κ3) is 3.50. The fraction of sp³-hybridized carbons (Fsp3) is 0.389. The van der Waals surface area contributed by atoms with Crippen molar-refractivity contribution in [3.63, 3.8) is 0 Å². The Hall–Kier alpha value is -2.23. The predicted molar refractivity (Wildman–Crippen MR) is 85.7 cm³/mol. The minimum atomic E-state index is -0.00948. The number of hydrogen-bond acceptors (Lipinski definition) is 3. The van der Waals surface area contributed by atoms with Crippen molar-refractivity contribution in [1.82, 2.24) is 15.3 Å². The molecule has 1 aromatic carbocycles. The summed E-state index contributed by atoms with van der Waals surface area (Å²) >= 11 is 0. The summed E-state index contributed by atoms with van der Waals surface area (Å²) in [6.07, 6.45) is 10.5. The highest BCUT2D eigenvalue weighted by atomic mass is 16.1. The van der Waals surface area contributed by atoms with Crippen LogP contribution < -0.4 is 5.32 Å². The smallest absolute Gasteiger partial charge is 0.251 e. The lowest BCUT2D eigenvalue weighted by Crippen LogP contribution is -2.34. The van der Waals surface area contributed by atoms with Crippen molar-refractivity contribution >= 4 is 5.91 Å². The maximum atomic E-state index is 12.4. The van der Waals surface area contributed by atoms with Crippen LogP contribution in [-0.2, 0) is 19.3 Å². The number of aryl methyl sites for hydroxylation is 2. The van der Waals surface area contributed by atoms with Gasteiger partial charge in [-0.3, -0.25) is 14.8 Å². The molecule has 1 aliphatic rings. The van der Waals surface area contributed by atoms with E-state index in [4.69, 9.17) is 0 Å². The zero-order valence-corrected chi connectivity index (χ0v) is 12.9. The Morgan fingerprint density at radius 1 is 1.23 bits per heavy atom. The van der Waals surface area contributed by atoms with Gasteiger partial charge in [0.1, 0.15) is 0 Å². The molecule has 0 saturated heterocycles. The molecule has 114 valence electrons. The second-order valence-corrected chi connectivity index (χ2v) is 5.97. The van der Waals surface area contributed by atoms with Gasteiger partial charge in [0.25, 0.3) is 5.91 Å². The molecule has 0 bridgehead atoms. The lowest BCUT2D eigenvalue weighted by molar-refractivity contribution is 0.0940. The normalized spacial score (nSPS) is 15.0. The molecule has 3 rings (SSSR count). The van der Waals surface area contributed by atoms with Gasteiger partial charge in [0.15, 0.2) is 0 Å². The Labute approximate surface area is 131 Å². The SMILES string of the molecule is C[C@@H](Cc1cnccn1)NC(=O)c1ccc2c(c1)CCCC2. The molecule has 0 unspecified atom stereocenters. The van der Waals surface area contributed by atoms with Gasteiger partial charge in [0, 0.05) is 36.6 Å². The standard InChI is InChI=1S/C18H21N3O/c1-13(10-17-12-19-8-9-20-17)21-18(22)16-7-6-14-4-2-3-5-15(14)11-16/h6-9,11-13H,2-5,10H2,1H3,(H,21,22)/t13-/m0/s1. The minimum Gasteiger partial charge on any atom is -0.349 e. The van der Waals surface area contributed by atoms with Crippen LogP contribution in [0.4, 0.5) is 0 Å². The summed E-state index contributed by atoms with van der Waals surface area (Å²) in [5, 5.41) is 3.04. The molecule has 1 heterocycles. The number of nitrogens with one attached hydrogen (secondary N) is 1. The number of rotatable bonds is 4. The van der Waals surface area contributed by atoms with E-state index in [1.807, 2.05) is 13.0 Å². The van der Waals surface area contributed by atoms with Gasteiger partial charge in [-0.1, -0.05) is 6.07 Å². The van der Waals surface area contributed by atoms with Gasteiger partial charge in [0.05, 0.1) is 5.69 Å². The molecule has 0 fully saturated rings. The summed E-state index contributed by atoms with van der Waals surface area (Å²) in [6, 6.07) is 6.13. The molecular formula is C18H21N3O. The molecule has 1 N–H and O–H groups in total. The van der Waals surface area contributed by atoms with Gasteiger partial charge in [-0.25, -0.2) is 0 Å². The fourth-order valence-electron chi connectivity index (χ4n) is 2.98. The van der Waals surface area contributed by atoms with Gasteiger partial charge in [-0.15, -0.1) is 0 Å². The first-order valence-electron chi connectivity index (χ1n) is 7.90. The van der Waals surface area contributed by atoms with Crippen molar-refractivity contribution in [1.29, 1.82) is 0 Å². The highest BCUT2D eigenvalue weighted by molar-refractivity contribution is 5.94. The summed E-state index contributed by atoms with van der Waals surface area (Å²) in [5.74, 6) is -0.00948. The molecule has 4 heteroatoms. The van der Waals surface area contributed by atoms with Crippen LogP contribution in [0.2, 0.25) is 0 Å². The van der Waals surface area contributed by atoms with Crippen LogP contribution in [0.3, 0.4) is 0 Å². The van der Waals surface area contributed by atoms with Gasteiger partial charge >= 0.3 is 0 Å². The average molecular weight is 295 g/mol. The van der Waals surface area contributed by atoms with Crippen LogP contribution in [-0.4, -0.2) is 21.9 Å². The van der Waals surface area contributed by atoms with Crippen molar-refractivity contribution in [3.05, 3.63) is 59.2 Å². The molecule has 2 aromatic rings. The number of aromatic nitrogens is 2. The number of carbonyl (C=O) groups is 1. The topological polar surface area (TPSA) is 54.9 Å². The maximum absolute atomic E-state index is 12.4. The molecule has 1 aliphatic carbocycles. The van der Waals surface area contributed by atoms with Crippen molar-refractivity contribution in [2.24, 2.45) is 0 Å². The van der Waals surface area contributed by atoms with E-state index in [-0.39, 0.29) is 11.9 Å². The Morgan fingerprint density at radius 2 is 2.05 bits per heavy atom. The van der Waals surface area contributed by atoms with E-state index in [1.165, 1.54) is 24.0 Å². The van der Waals surface area contributed by atoms with Gasteiger partial charge in [-0.05, 0) is 55.9 Å². The minimum absolute atomic E-state index is 0.00948. The molecule has 4 nitrogen and oxygen atoms in total. The Morgan fingerprint density at radius 3 is 2.82 bits per heavy atom. The summed E-state index contributed by atoms with van der Waals surface area (Å²) in [6.45, 7) is 1.99. The van der Waals surface area contributed by atoms with Gasteiger partial charge in [0.2, 0.25) is 0 Å². The molecule has 1 atom stereocenters. The summed E-state index contributed by atoms with van der Waals surface area (Å²) in [4.78, 5) is 20.7. The van der Waals surface area contributed by atoms with Crippen LogP contribution in [0.1, 0.15) is 46.9 Å². The zero-order valence-electron chi connectivity index (χ0n) is 12.9. The third-order valence-electron chi connectivity index (χ3n) is 4.12. The first-order chi connectivity index (χ1) is 10.7. The lowest BCUT2D eigenvalue weighted by atomic mass is 9.90. The Balaban J connectivity index is 1.64. The molecule has 1 aromatic heterocycles. The second kappa shape index (κ2) is 6.69. The quantitative estimate of drug-likeness (QED) is 0.943. The Kier molecular flexibility index (Phi) is 4.47. The largest absolute Gasteiger partial charge is 0.349 e. The van der Waals surface area contributed by atoms with E-state index in [0.717, 1.165) is 24.1 Å². The van der Waals surface area contributed by atoms with E-state index in [0.29, 0.717) is 6.42 Å². The lowest BCUT2D eigenvalue weighted by Gasteiger charge is -2.18. The van der Waals surface area contributed by atoms with Crippen molar-refractivity contribution < 1.29 is 4.79 Å². The predicted octanol–water partition coefficient (Wildman–Crippen LogP) is 2.72. The number of benzene rings is 1. The highest BCUT2D eigenvalue weighted by Gasteiger charge is 2.14. The summed E-state index contributed by atoms with van der Waals surface area (Å²) in [5.41, 5.74) is 4.38. The number of fused-ring (bicyclic) bond motifs is 1. The van der Waals surface area contributed by atoms with E-state index in [1.54, 1.807) is 18.6 Å². The molecule has 22 heavy (non-hydrogen) atoms. The van der Waals surface area contributed by atoms with E-state index in [2.05, 4.69) is 27.4 Å². The molecule has 0 spiro atoms. The summed E-state index contributed by atoms with van der Waals surface area (Å²) < 4.78 is 0. The van der Waals surface area contributed by atoms with E-state index >= 15 is 0 Å². The number of carbonyl (C=O) groups excluding carboxylic acids is 1. The highest BCUT2D eigenvalue weighted by Crippen LogP contribution is 2.22. The first-order valence-corrected chi connectivity index (χ1v) is 7.90. The fourth-order valence-corrected chi connectivity index (χ4v) is 2.98. The van der Waals surface area contributed by atoms with E-state index in [9.17, 15) is 4.79 Å². The van der Waals surface area contributed by atoms with Crippen molar-refractivity contribution in [2.45, 2.75) is 45.1 Å². The van der Waals surface area contributed by atoms with Crippen molar-refractivity contribution in [3.8, 4) is 0 Å².